The molecule has 0 amide bonds. The van der Waals surface area contributed by atoms with Crippen molar-refractivity contribution in [3.63, 3.8) is 0 Å². The molecule has 0 spiro atoms. The van der Waals surface area contributed by atoms with Crippen LogP contribution in [0.4, 0.5) is 22.7 Å². The first-order chi connectivity index (χ1) is 29.7. The van der Waals surface area contributed by atoms with E-state index in [1.807, 2.05) is 121 Å². The number of rotatable bonds is 28. The van der Waals surface area contributed by atoms with Gasteiger partial charge in [-0.3, -0.25) is 21.7 Å². The molecule has 338 valence electrons. The molecule has 0 bridgehead atoms. The monoisotopic (exact) mass is 1020 g/mol. The first-order valence-corrected chi connectivity index (χ1v) is 22.4. The van der Waals surface area contributed by atoms with Crippen LogP contribution in [0.2, 0.25) is 0 Å². The molecular formula is C48H76N12Pt. The summed E-state index contributed by atoms with van der Waals surface area (Å²) in [5, 5.41) is 31.9. The number of nitrogens with one attached hydrogen (secondary N) is 4. The van der Waals surface area contributed by atoms with Gasteiger partial charge in [-0.2, -0.15) is 20.5 Å². The number of unbranched alkanes of at least 4 members (excludes halogenated alkanes) is 12. The standard InChI is InChI=1S/4C12H19N3.Pt/c4*1-2-3-4-8-11-13-15-14-12-9-6-5-7-10-12;/h4*5-7,9-10H,2-4,8,11H2,1H3,(H,13,14);. The SMILES string of the molecule is CCCCCCN=NNc1ccccc1.CCCCCCN=NNc1ccccc1.CCCCCCN=NNc1ccccc1.CCCCCCN=NNc1ccccc1.[Pt]. The van der Waals surface area contributed by atoms with E-state index in [9.17, 15) is 0 Å². The van der Waals surface area contributed by atoms with E-state index in [-0.39, 0.29) is 21.1 Å². The Balaban J connectivity index is 0.000000783. The van der Waals surface area contributed by atoms with Gasteiger partial charge in [0.05, 0.1) is 48.9 Å². The molecular weight excluding hydrogens is 940 g/mol. The second kappa shape index (κ2) is 46.2. The zero-order valence-electron chi connectivity index (χ0n) is 37.6. The van der Waals surface area contributed by atoms with Gasteiger partial charge in [0.1, 0.15) is 0 Å². The second-order valence-corrected chi connectivity index (χ2v) is 14.0. The number of anilines is 4. The molecule has 0 aliphatic rings. The quantitative estimate of drug-likeness (QED) is 0.0255. The van der Waals surface area contributed by atoms with Gasteiger partial charge in [-0.05, 0) is 74.2 Å². The van der Waals surface area contributed by atoms with Gasteiger partial charge in [0.2, 0.25) is 0 Å². The molecule has 0 fully saturated rings. The number of benzene rings is 4. The predicted molar refractivity (Wildman–Crippen MR) is 256 cm³/mol. The van der Waals surface area contributed by atoms with Crippen molar-refractivity contribution in [2.24, 2.45) is 41.4 Å². The van der Waals surface area contributed by atoms with Gasteiger partial charge in [0, 0.05) is 21.1 Å². The summed E-state index contributed by atoms with van der Waals surface area (Å²) in [7, 11) is 0. The van der Waals surface area contributed by atoms with E-state index in [0.717, 1.165) is 74.6 Å². The molecule has 0 heterocycles. The van der Waals surface area contributed by atoms with Crippen LogP contribution in [-0.2, 0) is 21.1 Å². The van der Waals surface area contributed by atoms with Crippen LogP contribution in [0.5, 0.6) is 0 Å². The maximum absolute atomic E-state index is 4.05. The minimum Gasteiger partial charge on any atom is -0.260 e. The average molecular weight is 1020 g/mol. The molecule has 0 radical (unpaired) electrons. The van der Waals surface area contributed by atoms with Crippen LogP contribution in [0, 0.1) is 0 Å². The molecule has 4 aromatic rings. The zero-order valence-corrected chi connectivity index (χ0v) is 39.9. The molecule has 0 aliphatic heterocycles. The van der Waals surface area contributed by atoms with Gasteiger partial charge in [0.25, 0.3) is 0 Å². The zero-order chi connectivity index (χ0) is 43.1. The van der Waals surface area contributed by atoms with E-state index in [0.29, 0.717) is 0 Å². The summed E-state index contributed by atoms with van der Waals surface area (Å²) >= 11 is 0. The molecule has 0 saturated heterocycles. The van der Waals surface area contributed by atoms with Crippen molar-refractivity contribution < 1.29 is 21.1 Å². The number of para-hydroxylation sites is 4. The van der Waals surface area contributed by atoms with E-state index < -0.39 is 0 Å². The summed E-state index contributed by atoms with van der Waals surface area (Å²) in [6.07, 6.45) is 19.8. The van der Waals surface area contributed by atoms with Crippen LogP contribution in [0.15, 0.2) is 163 Å². The largest absolute Gasteiger partial charge is 0.260 e. The molecule has 4 aromatic carbocycles. The maximum Gasteiger partial charge on any atom is 0.0620 e. The summed E-state index contributed by atoms with van der Waals surface area (Å²) < 4.78 is 0. The van der Waals surface area contributed by atoms with Gasteiger partial charge in [0.15, 0.2) is 0 Å². The van der Waals surface area contributed by atoms with Gasteiger partial charge >= 0.3 is 0 Å². The van der Waals surface area contributed by atoms with Crippen molar-refractivity contribution in [1.29, 1.82) is 0 Å². The molecule has 0 aromatic heterocycles. The summed E-state index contributed by atoms with van der Waals surface area (Å²) in [5.41, 5.74) is 15.5. The maximum atomic E-state index is 4.05. The number of nitrogens with zero attached hydrogens (tertiary/aromatic N) is 8. The molecule has 0 aliphatic carbocycles. The van der Waals surface area contributed by atoms with E-state index in [1.54, 1.807) is 0 Å². The fourth-order valence-electron chi connectivity index (χ4n) is 5.06. The Morgan fingerprint density at radius 3 is 0.656 bits per heavy atom. The molecule has 13 heteroatoms. The Morgan fingerprint density at radius 1 is 0.279 bits per heavy atom. The Kier molecular flexibility index (Phi) is 42.6. The minimum atomic E-state index is 0. The van der Waals surface area contributed by atoms with Crippen molar-refractivity contribution in [1.82, 2.24) is 0 Å². The normalized spacial score (nSPS) is 10.6. The van der Waals surface area contributed by atoms with Crippen LogP contribution in [0.1, 0.15) is 130 Å². The Bertz CT molecular complexity index is 1320. The second-order valence-electron chi connectivity index (χ2n) is 14.0. The van der Waals surface area contributed by atoms with Crippen LogP contribution < -0.4 is 21.7 Å². The summed E-state index contributed by atoms with van der Waals surface area (Å²) in [6, 6.07) is 39.4. The Hall–Kier alpha value is -4.83. The number of hydrogen-bond donors (Lipinski definition) is 4. The summed E-state index contributed by atoms with van der Waals surface area (Å²) in [6.45, 7) is 12.1. The third kappa shape index (κ3) is 39.1. The van der Waals surface area contributed by atoms with Crippen molar-refractivity contribution in [3.05, 3.63) is 121 Å². The van der Waals surface area contributed by atoms with Gasteiger partial charge < -0.3 is 0 Å². The van der Waals surface area contributed by atoms with Gasteiger partial charge in [-0.25, -0.2) is 0 Å². The summed E-state index contributed by atoms with van der Waals surface area (Å²) in [4.78, 5) is 0. The summed E-state index contributed by atoms with van der Waals surface area (Å²) in [5.74, 6) is 0. The molecule has 12 nitrogen and oxygen atoms in total. The molecule has 4 rings (SSSR count). The fraction of sp³-hybridized carbons (Fsp3) is 0.500. The van der Waals surface area contributed by atoms with Gasteiger partial charge in [-0.1, -0.05) is 198 Å². The molecule has 0 saturated carbocycles. The molecule has 0 unspecified atom stereocenters. The van der Waals surface area contributed by atoms with E-state index in [4.69, 9.17) is 0 Å². The van der Waals surface area contributed by atoms with Crippen LogP contribution >= 0.6 is 0 Å². The number of hydrogen-bond acceptors (Lipinski definition) is 8. The Labute approximate surface area is 383 Å². The van der Waals surface area contributed by atoms with Crippen LogP contribution in [0.3, 0.4) is 0 Å². The predicted octanol–water partition coefficient (Wildman–Crippen LogP) is 16.2. The third-order valence-electron chi connectivity index (χ3n) is 8.54. The van der Waals surface area contributed by atoms with Crippen LogP contribution in [-0.4, -0.2) is 26.2 Å². The molecule has 0 atom stereocenters. The van der Waals surface area contributed by atoms with E-state index >= 15 is 0 Å². The van der Waals surface area contributed by atoms with E-state index in [1.165, 1.54) is 77.0 Å². The van der Waals surface area contributed by atoms with E-state index in [2.05, 4.69) is 90.7 Å². The van der Waals surface area contributed by atoms with Crippen molar-refractivity contribution >= 4 is 22.7 Å². The average Bonchev–Trinajstić information content (AvgIpc) is 3.30. The molecule has 4 N–H and O–H groups in total. The van der Waals surface area contributed by atoms with Crippen molar-refractivity contribution in [3.8, 4) is 0 Å². The van der Waals surface area contributed by atoms with Crippen LogP contribution in [0.25, 0.3) is 0 Å². The fourth-order valence-corrected chi connectivity index (χ4v) is 5.06. The van der Waals surface area contributed by atoms with Crippen molar-refractivity contribution in [2.45, 2.75) is 130 Å². The topological polar surface area (TPSA) is 147 Å². The first kappa shape index (κ1) is 56.2. The smallest absolute Gasteiger partial charge is 0.0620 e. The third-order valence-corrected chi connectivity index (χ3v) is 8.54. The minimum absolute atomic E-state index is 0. The molecule has 61 heavy (non-hydrogen) atoms. The first-order valence-electron chi connectivity index (χ1n) is 22.4. The van der Waals surface area contributed by atoms with Crippen molar-refractivity contribution in [2.75, 3.05) is 47.9 Å². The van der Waals surface area contributed by atoms with Gasteiger partial charge in [-0.15, -0.1) is 0 Å². The Morgan fingerprint density at radius 2 is 0.475 bits per heavy atom.